The third-order valence-corrected chi connectivity index (χ3v) is 2.95. The zero-order chi connectivity index (χ0) is 10.9. The van der Waals surface area contributed by atoms with Crippen molar-refractivity contribution in [3.63, 3.8) is 0 Å². The fraction of sp³-hybridized carbons (Fsp3) is 0.909. The van der Waals surface area contributed by atoms with Gasteiger partial charge in [0.1, 0.15) is 0 Å². The molecule has 4 nitrogen and oxygen atoms in total. The zero-order valence-electron chi connectivity index (χ0n) is 9.64. The van der Waals surface area contributed by atoms with E-state index in [-0.39, 0.29) is 6.03 Å². The Morgan fingerprint density at radius 1 is 1.47 bits per heavy atom. The lowest BCUT2D eigenvalue weighted by Crippen LogP contribution is -2.33. The lowest BCUT2D eigenvalue weighted by atomic mass is 9.94. The van der Waals surface area contributed by atoms with Crippen LogP contribution in [0, 0.1) is 5.92 Å². The van der Waals surface area contributed by atoms with Crippen LogP contribution in [0.1, 0.15) is 32.1 Å². The van der Waals surface area contributed by atoms with Gasteiger partial charge in [-0.1, -0.05) is 6.42 Å². The summed E-state index contributed by atoms with van der Waals surface area (Å²) in [5.74, 6) is 0.860. The van der Waals surface area contributed by atoms with Crippen LogP contribution < -0.4 is 16.0 Å². The van der Waals surface area contributed by atoms with E-state index in [0.717, 1.165) is 18.9 Å². The maximum Gasteiger partial charge on any atom is 0.314 e. The van der Waals surface area contributed by atoms with Gasteiger partial charge in [-0.2, -0.15) is 0 Å². The first kappa shape index (κ1) is 12.3. The van der Waals surface area contributed by atoms with Gasteiger partial charge in [-0.15, -0.1) is 0 Å². The molecular formula is C11H23N3O. The molecule has 0 radical (unpaired) electrons. The highest BCUT2D eigenvalue weighted by Crippen LogP contribution is 2.16. The third-order valence-electron chi connectivity index (χ3n) is 2.95. The van der Waals surface area contributed by atoms with E-state index >= 15 is 0 Å². The summed E-state index contributed by atoms with van der Waals surface area (Å²) in [7, 11) is 1.64. The molecule has 1 fully saturated rings. The van der Waals surface area contributed by atoms with Crippen LogP contribution in [0.15, 0.2) is 0 Å². The molecule has 15 heavy (non-hydrogen) atoms. The van der Waals surface area contributed by atoms with Crippen LogP contribution in [0.3, 0.4) is 0 Å². The van der Waals surface area contributed by atoms with E-state index in [4.69, 9.17) is 0 Å². The molecule has 1 saturated heterocycles. The molecule has 88 valence electrons. The summed E-state index contributed by atoms with van der Waals surface area (Å²) in [4.78, 5) is 10.8. The van der Waals surface area contributed by atoms with E-state index in [1.165, 1.54) is 38.8 Å². The molecule has 1 atom stereocenters. The number of carbonyl (C=O) groups excluding carboxylic acids is 1. The molecule has 1 unspecified atom stereocenters. The van der Waals surface area contributed by atoms with Crippen LogP contribution in [0.25, 0.3) is 0 Å². The van der Waals surface area contributed by atoms with Gasteiger partial charge in [-0.3, -0.25) is 0 Å². The lowest BCUT2D eigenvalue weighted by molar-refractivity contribution is 0.242. The van der Waals surface area contributed by atoms with E-state index in [9.17, 15) is 4.79 Å². The summed E-state index contributed by atoms with van der Waals surface area (Å²) in [6.45, 7) is 3.16. The third kappa shape index (κ3) is 5.62. The minimum Gasteiger partial charge on any atom is -0.341 e. The van der Waals surface area contributed by atoms with E-state index in [1.807, 2.05) is 0 Å². The topological polar surface area (TPSA) is 53.2 Å². The van der Waals surface area contributed by atoms with Crippen molar-refractivity contribution in [1.82, 2.24) is 16.0 Å². The molecule has 0 aliphatic carbocycles. The van der Waals surface area contributed by atoms with Crippen LogP contribution in [0.5, 0.6) is 0 Å². The van der Waals surface area contributed by atoms with Gasteiger partial charge < -0.3 is 16.0 Å². The van der Waals surface area contributed by atoms with E-state index in [1.54, 1.807) is 7.05 Å². The second-order valence-corrected chi connectivity index (χ2v) is 4.21. The summed E-state index contributed by atoms with van der Waals surface area (Å²) >= 11 is 0. The van der Waals surface area contributed by atoms with E-state index in [2.05, 4.69) is 16.0 Å². The molecule has 1 rings (SSSR count). The maximum absolute atomic E-state index is 10.8. The van der Waals surface area contributed by atoms with Crippen molar-refractivity contribution in [3.05, 3.63) is 0 Å². The van der Waals surface area contributed by atoms with E-state index in [0.29, 0.717) is 0 Å². The smallest absolute Gasteiger partial charge is 0.314 e. The summed E-state index contributed by atoms with van der Waals surface area (Å²) in [6.07, 6.45) is 6.29. The Balaban J connectivity index is 1.89. The largest absolute Gasteiger partial charge is 0.341 e. The van der Waals surface area contributed by atoms with Crippen LogP contribution in [-0.4, -0.2) is 32.7 Å². The number of amides is 2. The molecule has 1 heterocycles. The minimum atomic E-state index is -0.0747. The molecule has 0 aromatic rings. The van der Waals surface area contributed by atoms with Crippen molar-refractivity contribution in [2.45, 2.75) is 32.1 Å². The van der Waals surface area contributed by atoms with Crippen molar-refractivity contribution < 1.29 is 4.79 Å². The van der Waals surface area contributed by atoms with Crippen molar-refractivity contribution in [2.24, 2.45) is 5.92 Å². The fourth-order valence-electron chi connectivity index (χ4n) is 2.02. The molecule has 2 amide bonds. The lowest BCUT2D eigenvalue weighted by Gasteiger charge is -2.22. The Hall–Kier alpha value is -0.770. The standard InChI is InChI=1S/C11H23N3O/c1-12-11(15)14-8-3-2-5-10-6-4-7-13-9-10/h10,13H,2-9H2,1H3,(H2,12,14,15). The first-order valence-corrected chi connectivity index (χ1v) is 5.99. The van der Waals surface area contributed by atoms with Gasteiger partial charge in [0.15, 0.2) is 0 Å². The predicted molar refractivity (Wildman–Crippen MR) is 61.9 cm³/mol. The van der Waals surface area contributed by atoms with Crippen molar-refractivity contribution in [2.75, 3.05) is 26.7 Å². The Labute approximate surface area is 92.2 Å². The van der Waals surface area contributed by atoms with Crippen LogP contribution >= 0.6 is 0 Å². The molecular weight excluding hydrogens is 190 g/mol. The first-order chi connectivity index (χ1) is 7.33. The van der Waals surface area contributed by atoms with Crippen molar-refractivity contribution in [1.29, 1.82) is 0 Å². The Morgan fingerprint density at radius 3 is 3.00 bits per heavy atom. The number of hydrogen-bond acceptors (Lipinski definition) is 2. The van der Waals surface area contributed by atoms with Crippen molar-refractivity contribution >= 4 is 6.03 Å². The Bertz CT molecular complexity index is 179. The van der Waals surface area contributed by atoms with Crippen LogP contribution in [-0.2, 0) is 0 Å². The number of urea groups is 1. The molecule has 3 N–H and O–H groups in total. The highest BCUT2D eigenvalue weighted by atomic mass is 16.2. The van der Waals surface area contributed by atoms with Crippen LogP contribution in [0.2, 0.25) is 0 Å². The Kier molecular flexibility index (Phi) is 6.16. The van der Waals surface area contributed by atoms with E-state index < -0.39 is 0 Å². The molecule has 1 aliphatic rings. The zero-order valence-corrected chi connectivity index (χ0v) is 9.64. The minimum absolute atomic E-state index is 0.0747. The molecule has 1 aliphatic heterocycles. The molecule has 4 heteroatoms. The number of unbranched alkanes of at least 4 members (excludes halogenated alkanes) is 1. The van der Waals surface area contributed by atoms with Gasteiger partial charge in [0.25, 0.3) is 0 Å². The summed E-state index contributed by atoms with van der Waals surface area (Å²) < 4.78 is 0. The average Bonchev–Trinajstić information content (AvgIpc) is 2.29. The summed E-state index contributed by atoms with van der Waals surface area (Å²) in [5, 5.41) is 8.77. The highest BCUT2D eigenvalue weighted by molar-refractivity contribution is 5.73. The Morgan fingerprint density at radius 2 is 2.33 bits per heavy atom. The van der Waals surface area contributed by atoms with Gasteiger partial charge in [-0.05, 0) is 44.7 Å². The quantitative estimate of drug-likeness (QED) is 0.599. The number of nitrogens with one attached hydrogen (secondary N) is 3. The summed E-state index contributed by atoms with van der Waals surface area (Å²) in [5.41, 5.74) is 0. The van der Waals surface area contributed by atoms with Gasteiger partial charge >= 0.3 is 6.03 Å². The van der Waals surface area contributed by atoms with Crippen molar-refractivity contribution in [3.8, 4) is 0 Å². The molecule has 0 bridgehead atoms. The predicted octanol–water partition coefficient (Wildman–Crippen LogP) is 1.09. The number of hydrogen-bond donors (Lipinski definition) is 3. The monoisotopic (exact) mass is 213 g/mol. The second-order valence-electron chi connectivity index (χ2n) is 4.21. The first-order valence-electron chi connectivity index (χ1n) is 5.99. The van der Waals surface area contributed by atoms with Gasteiger partial charge in [0, 0.05) is 13.6 Å². The summed E-state index contributed by atoms with van der Waals surface area (Å²) in [6, 6.07) is -0.0747. The molecule has 0 saturated carbocycles. The number of carbonyl (C=O) groups is 1. The van der Waals surface area contributed by atoms with Gasteiger partial charge in [-0.25, -0.2) is 4.79 Å². The number of rotatable bonds is 5. The fourth-order valence-corrected chi connectivity index (χ4v) is 2.02. The average molecular weight is 213 g/mol. The highest BCUT2D eigenvalue weighted by Gasteiger charge is 2.11. The second kappa shape index (κ2) is 7.51. The number of piperidine rings is 1. The molecule has 0 spiro atoms. The SMILES string of the molecule is CNC(=O)NCCCCC1CCCNC1. The maximum atomic E-state index is 10.8. The normalized spacial score (nSPS) is 21.0. The molecule has 0 aromatic carbocycles. The van der Waals surface area contributed by atoms with Crippen LogP contribution in [0.4, 0.5) is 4.79 Å². The van der Waals surface area contributed by atoms with Gasteiger partial charge in [0.2, 0.25) is 0 Å². The molecule has 0 aromatic heterocycles. The van der Waals surface area contributed by atoms with Gasteiger partial charge in [0.05, 0.1) is 0 Å².